The van der Waals surface area contributed by atoms with Gasteiger partial charge in [0.25, 0.3) is 0 Å². The lowest BCUT2D eigenvalue weighted by Crippen LogP contribution is -2.39. The van der Waals surface area contributed by atoms with Crippen molar-refractivity contribution < 1.29 is 4.79 Å². The highest BCUT2D eigenvalue weighted by Crippen LogP contribution is 2.18. The van der Waals surface area contributed by atoms with E-state index in [1.807, 2.05) is 35.8 Å². The number of hydrogen-bond acceptors (Lipinski definition) is 3. The highest BCUT2D eigenvalue weighted by atomic mass is 16.2. The van der Waals surface area contributed by atoms with E-state index < -0.39 is 11.9 Å². The van der Waals surface area contributed by atoms with E-state index in [1.165, 1.54) is 0 Å². The Morgan fingerprint density at radius 2 is 2.29 bits per heavy atom. The third-order valence-corrected chi connectivity index (χ3v) is 2.63. The van der Waals surface area contributed by atoms with E-state index in [-0.39, 0.29) is 0 Å². The quantitative estimate of drug-likeness (QED) is 0.531. The molecule has 0 saturated heterocycles. The zero-order valence-electron chi connectivity index (χ0n) is 9.10. The van der Waals surface area contributed by atoms with Crippen molar-refractivity contribution in [3.63, 3.8) is 0 Å². The van der Waals surface area contributed by atoms with Crippen LogP contribution in [-0.4, -0.2) is 16.9 Å². The van der Waals surface area contributed by atoms with Gasteiger partial charge in [0.1, 0.15) is 0 Å². The molecule has 5 nitrogen and oxygen atoms in total. The number of para-hydroxylation sites is 1. The number of carbonyl (C=O) groups excluding carboxylic acids is 1. The van der Waals surface area contributed by atoms with Gasteiger partial charge < -0.3 is 10.7 Å². The molecule has 1 unspecified atom stereocenters. The molecule has 0 aliphatic rings. The van der Waals surface area contributed by atoms with Crippen molar-refractivity contribution in [1.29, 1.82) is 5.26 Å². The van der Waals surface area contributed by atoms with E-state index in [0.717, 1.165) is 16.5 Å². The fraction of sp³-hybridized carbons (Fsp3) is 0.167. The number of H-pyrrole nitrogens is 1. The molecule has 0 bridgehead atoms. The summed E-state index contributed by atoms with van der Waals surface area (Å²) in [6.45, 7) is 0. The van der Waals surface area contributed by atoms with Crippen molar-refractivity contribution in [3.8, 4) is 6.19 Å². The molecule has 1 amide bonds. The standard InChI is InChI=1S/C12H12N4O/c13-7-16-12(17)10(14)5-8-6-15-11-4-2-1-3-9(8)11/h1-4,6,10,15H,5,14H2,(H,16,17). The Balaban J connectivity index is 2.19. The molecular formula is C12H12N4O. The van der Waals surface area contributed by atoms with E-state index in [9.17, 15) is 4.79 Å². The first-order chi connectivity index (χ1) is 8.22. The predicted octanol–water partition coefficient (Wildman–Crippen LogP) is 0.635. The summed E-state index contributed by atoms with van der Waals surface area (Å²) in [6, 6.07) is 7.08. The lowest BCUT2D eigenvalue weighted by molar-refractivity contribution is -0.121. The van der Waals surface area contributed by atoms with Gasteiger partial charge in [-0.1, -0.05) is 18.2 Å². The SMILES string of the molecule is N#CNC(=O)C(N)Cc1c[nH]c2ccccc12. The molecule has 2 rings (SSSR count). The fourth-order valence-electron chi connectivity index (χ4n) is 1.78. The Kier molecular flexibility index (Phi) is 3.08. The molecule has 0 fully saturated rings. The number of nitrogens with two attached hydrogens (primary N) is 1. The molecule has 1 aromatic carbocycles. The van der Waals surface area contributed by atoms with Crippen molar-refractivity contribution in [1.82, 2.24) is 10.3 Å². The van der Waals surface area contributed by atoms with E-state index in [2.05, 4.69) is 4.98 Å². The minimum Gasteiger partial charge on any atom is -0.361 e. The number of fused-ring (bicyclic) bond motifs is 1. The van der Waals surface area contributed by atoms with Crippen LogP contribution in [0.25, 0.3) is 10.9 Å². The van der Waals surface area contributed by atoms with Gasteiger partial charge in [0.15, 0.2) is 6.19 Å². The first-order valence-electron chi connectivity index (χ1n) is 5.22. The monoisotopic (exact) mass is 228 g/mol. The second-order valence-corrected chi connectivity index (χ2v) is 3.77. The van der Waals surface area contributed by atoms with Crippen molar-refractivity contribution in [2.75, 3.05) is 0 Å². The van der Waals surface area contributed by atoms with E-state index >= 15 is 0 Å². The molecule has 1 atom stereocenters. The Bertz CT molecular complexity index is 581. The Labute approximate surface area is 98.2 Å². The summed E-state index contributed by atoms with van der Waals surface area (Å²) >= 11 is 0. The first-order valence-corrected chi connectivity index (χ1v) is 5.22. The fourth-order valence-corrected chi connectivity index (χ4v) is 1.78. The number of hydrogen-bond donors (Lipinski definition) is 3. The molecule has 0 saturated carbocycles. The molecule has 5 heteroatoms. The summed E-state index contributed by atoms with van der Waals surface area (Å²) in [6.07, 6.45) is 3.82. The van der Waals surface area contributed by atoms with Crippen LogP contribution in [0.2, 0.25) is 0 Å². The summed E-state index contributed by atoms with van der Waals surface area (Å²) in [5, 5.41) is 11.4. The summed E-state index contributed by atoms with van der Waals surface area (Å²) in [5.41, 5.74) is 7.69. The van der Waals surface area contributed by atoms with Crippen molar-refractivity contribution in [2.45, 2.75) is 12.5 Å². The van der Waals surface area contributed by atoms with Gasteiger partial charge >= 0.3 is 0 Å². The van der Waals surface area contributed by atoms with Crippen LogP contribution >= 0.6 is 0 Å². The molecule has 0 aliphatic carbocycles. The van der Waals surface area contributed by atoms with Gasteiger partial charge in [-0.2, -0.15) is 5.26 Å². The Hall–Kier alpha value is -2.32. The van der Waals surface area contributed by atoms with Crippen LogP contribution in [0.4, 0.5) is 0 Å². The maximum absolute atomic E-state index is 11.3. The molecule has 1 heterocycles. The summed E-state index contributed by atoms with van der Waals surface area (Å²) in [4.78, 5) is 14.4. The van der Waals surface area contributed by atoms with Gasteiger partial charge in [-0.25, -0.2) is 0 Å². The zero-order valence-corrected chi connectivity index (χ0v) is 9.10. The minimum atomic E-state index is -0.714. The smallest absolute Gasteiger partial charge is 0.250 e. The number of nitrogens with one attached hydrogen (secondary N) is 2. The number of amides is 1. The van der Waals surface area contributed by atoms with Crippen LogP contribution in [0.15, 0.2) is 30.5 Å². The second kappa shape index (κ2) is 4.68. The van der Waals surface area contributed by atoms with Gasteiger partial charge in [0.05, 0.1) is 6.04 Å². The molecule has 0 radical (unpaired) electrons. The van der Waals surface area contributed by atoms with Crippen molar-refractivity contribution >= 4 is 16.8 Å². The van der Waals surface area contributed by atoms with Crippen molar-refractivity contribution in [2.24, 2.45) is 5.73 Å². The molecule has 0 aliphatic heterocycles. The predicted molar refractivity (Wildman–Crippen MR) is 63.7 cm³/mol. The number of nitrogens with zero attached hydrogens (tertiary/aromatic N) is 1. The number of rotatable bonds is 3. The Morgan fingerprint density at radius 1 is 1.53 bits per heavy atom. The van der Waals surface area contributed by atoms with E-state index in [0.29, 0.717) is 6.42 Å². The normalized spacial score (nSPS) is 12.0. The molecule has 1 aromatic heterocycles. The van der Waals surface area contributed by atoms with Gasteiger partial charge in [0, 0.05) is 17.1 Å². The van der Waals surface area contributed by atoms with Crippen LogP contribution in [0.5, 0.6) is 0 Å². The Morgan fingerprint density at radius 3 is 3.06 bits per heavy atom. The van der Waals surface area contributed by atoms with Gasteiger partial charge in [-0.3, -0.25) is 10.1 Å². The van der Waals surface area contributed by atoms with Gasteiger partial charge in [-0.15, -0.1) is 0 Å². The maximum Gasteiger partial charge on any atom is 0.250 e. The molecule has 17 heavy (non-hydrogen) atoms. The summed E-state index contributed by atoms with van der Waals surface area (Å²) in [5.74, 6) is -0.460. The number of benzene rings is 1. The van der Waals surface area contributed by atoms with Crippen molar-refractivity contribution in [3.05, 3.63) is 36.0 Å². The molecule has 4 N–H and O–H groups in total. The number of aromatic nitrogens is 1. The highest BCUT2D eigenvalue weighted by molar-refractivity contribution is 5.86. The molecule has 2 aromatic rings. The highest BCUT2D eigenvalue weighted by Gasteiger charge is 2.15. The van der Waals surface area contributed by atoms with Crippen LogP contribution in [0, 0.1) is 11.5 Å². The average Bonchev–Trinajstić information content (AvgIpc) is 2.73. The lowest BCUT2D eigenvalue weighted by atomic mass is 10.1. The lowest BCUT2D eigenvalue weighted by Gasteiger charge is -2.07. The molecule has 0 spiro atoms. The maximum atomic E-state index is 11.3. The number of carbonyl (C=O) groups is 1. The van der Waals surface area contributed by atoms with Crippen LogP contribution in [-0.2, 0) is 11.2 Å². The topological polar surface area (TPSA) is 94.7 Å². The molecule has 86 valence electrons. The third kappa shape index (κ3) is 2.27. The van der Waals surface area contributed by atoms with Gasteiger partial charge in [0.2, 0.25) is 5.91 Å². The largest absolute Gasteiger partial charge is 0.361 e. The van der Waals surface area contributed by atoms with Gasteiger partial charge in [-0.05, 0) is 18.1 Å². The van der Waals surface area contributed by atoms with Crippen LogP contribution in [0.1, 0.15) is 5.56 Å². The average molecular weight is 228 g/mol. The summed E-state index contributed by atoms with van der Waals surface area (Å²) < 4.78 is 0. The first kappa shape index (κ1) is 11.2. The molecular weight excluding hydrogens is 216 g/mol. The third-order valence-electron chi connectivity index (χ3n) is 2.63. The second-order valence-electron chi connectivity index (χ2n) is 3.77. The van der Waals surface area contributed by atoms with Crippen LogP contribution in [0.3, 0.4) is 0 Å². The van der Waals surface area contributed by atoms with Crippen LogP contribution < -0.4 is 11.1 Å². The minimum absolute atomic E-state index is 0.400. The zero-order chi connectivity index (χ0) is 12.3. The number of nitriles is 1. The van der Waals surface area contributed by atoms with E-state index in [1.54, 1.807) is 6.19 Å². The van der Waals surface area contributed by atoms with E-state index in [4.69, 9.17) is 11.0 Å². The summed E-state index contributed by atoms with van der Waals surface area (Å²) in [7, 11) is 0. The number of aromatic amines is 1.